The molecule has 0 fully saturated rings. The summed E-state index contributed by atoms with van der Waals surface area (Å²) in [5.74, 6) is -0.510. The van der Waals surface area contributed by atoms with Crippen molar-refractivity contribution in [1.82, 2.24) is 5.32 Å². The van der Waals surface area contributed by atoms with Crippen LogP contribution in [0.4, 0.5) is 0 Å². The molecule has 0 saturated carbocycles. The lowest BCUT2D eigenvalue weighted by molar-refractivity contribution is -0.151. The molecule has 0 rings (SSSR count). The summed E-state index contributed by atoms with van der Waals surface area (Å²) in [4.78, 5) is 26.1. The molecule has 61 heavy (non-hydrogen) atoms. The zero-order chi connectivity index (χ0) is 44.5. The first-order chi connectivity index (χ1) is 30.0. The van der Waals surface area contributed by atoms with Crippen molar-refractivity contribution >= 4 is 11.9 Å². The number of amides is 1. The monoisotopic (exact) mass is 860 g/mol. The Balaban J connectivity index is 4.53. The average Bonchev–Trinajstić information content (AvgIpc) is 3.25. The van der Waals surface area contributed by atoms with Crippen LogP contribution in [0.25, 0.3) is 0 Å². The Morgan fingerprint density at radius 1 is 0.459 bits per heavy atom. The predicted molar refractivity (Wildman–Crippen MR) is 264 cm³/mol. The van der Waals surface area contributed by atoms with Gasteiger partial charge in [-0.05, 0) is 70.6 Å². The van der Waals surface area contributed by atoms with E-state index in [1.165, 1.54) is 186 Å². The smallest absolute Gasteiger partial charge is 0.306 e. The first-order valence-electron chi connectivity index (χ1n) is 27.1. The van der Waals surface area contributed by atoms with Gasteiger partial charge in [0.25, 0.3) is 0 Å². The van der Waals surface area contributed by atoms with Gasteiger partial charge in [0.05, 0.1) is 25.2 Å². The zero-order valence-corrected chi connectivity index (χ0v) is 41.1. The van der Waals surface area contributed by atoms with Crippen LogP contribution in [-0.4, -0.2) is 46.9 Å². The fourth-order valence-electron chi connectivity index (χ4n) is 8.37. The quantitative estimate of drug-likeness (QED) is 0.0322. The van der Waals surface area contributed by atoms with Crippen molar-refractivity contribution in [2.24, 2.45) is 0 Å². The zero-order valence-electron chi connectivity index (χ0n) is 41.1. The van der Waals surface area contributed by atoms with Crippen LogP contribution in [0.15, 0.2) is 24.3 Å². The largest absolute Gasteiger partial charge is 0.462 e. The second-order valence-corrected chi connectivity index (χ2v) is 18.6. The molecule has 3 N–H and O–H groups in total. The van der Waals surface area contributed by atoms with E-state index in [-0.39, 0.29) is 24.9 Å². The molecule has 3 unspecified atom stereocenters. The van der Waals surface area contributed by atoms with E-state index >= 15 is 0 Å². The van der Waals surface area contributed by atoms with E-state index in [1.807, 2.05) is 0 Å². The van der Waals surface area contributed by atoms with Gasteiger partial charge < -0.3 is 20.3 Å². The van der Waals surface area contributed by atoms with Crippen molar-refractivity contribution in [2.45, 2.75) is 309 Å². The summed E-state index contributed by atoms with van der Waals surface area (Å²) in [7, 11) is 0. The molecule has 0 radical (unpaired) electrons. The Bertz CT molecular complexity index is 966. The molecule has 0 spiro atoms. The van der Waals surface area contributed by atoms with E-state index in [2.05, 4.69) is 50.4 Å². The van der Waals surface area contributed by atoms with Gasteiger partial charge in [0.2, 0.25) is 5.91 Å². The van der Waals surface area contributed by atoms with Crippen LogP contribution >= 0.6 is 0 Å². The van der Waals surface area contributed by atoms with E-state index in [4.69, 9.17) is 4.74 Å². The lowest BCUT2D eigenvalue weighted by Crippen LogP contribution is -2.46. The molecule has 0 aliphatic rings. The molecule has 0 aliphatic heterocycles. The SMILES string of the molecule is CCCCCCCCC/C=C\CCCCCC(=O)OC(CCC/C=C\CCCCCCCCC)CC(=O)NC(CO)C(O)CCCCCCCCCCCCCCCCCC. The van der Waals surface area contributed by atoms with Gasteiger partial charge in [-0.1, -0.05) is 231 Å². The van der Waals surface area contributed by atoms with Gasteiger partial charge in [-0.15, -0.1) is 0 Å². The van der Waals surface area contributed by atoms with Crippen LogP contribution in [0, 0.1) is 0 Å². The fourth-order valence-corrected chi connectivity index (χ4v) is 8.37. The van der Waals surface area contributed by atoms with Gasteiger partial charge in [0.15, 0.2) is 0 Å². The molecular formula is C55H105NO5. The second-order valence-electron chi connectivity index (χ2n) is 18.6. The topological polar surface area (TPSA) is 95.9 Å². The predicted octanol–water partition coefficient (Wildman–Crippen LogP) is 16.3. The Labute approximate surface area is 380 Å². The van der Waals surface area contributed by atoms with Crippen molar-refractivity contribution in [2.75, 3.05) is 6.61 Å². The minimum Gasteiger partial charge on any atom is -0.462 e. The number of unbranched alkanes of at least 4 members (excludes halogenated alkanes) is 33. The lowest BCUT2D eigenvalue weighted by Gasteiger charge is -2.24. The number of carbonyl (C=O) groups excluding carboxylic acids is 2. The number of hydrogen-bond donors (Lipinski definition) is 3. The first-order valence-corrected chi connectivity index (χ1v) is 27.1. The van der Waals surface area contributed by atoms with Crippen LogP contribution in [-0.2, 0) is 14.3 Å². The van der Waals surface area contributed by atoms with Crippen LogP contribution < -0.4 is 5.32 Å². The maximum absolute atomic E-state index is 13.2. The summed E-state index contributed by atoms with van der Waals surface area (Å²) in [6.45, 7) is 6.49. The van der Waals surface area contributed by atoms with Crippen molar-refractivity contribution < 1.29 is 24.5 Å². The maximum atomic E-state index is 13.2. The number of rotatable bonds is 49. The number of nitrogens with one attached hydrogen (secondary N) is 1. The van der Waals surface area contributed by atoms with Crippen LogP contribution in [0.5, 0.6) is 0 Å². The van der Waals surface area contributed by atoms with Gasteiger partial charge in [0.1, 0.15) is 6.10 Å². The number of carbonyl (C=O) groups is 2. The highest BCUT2D eigenvalue weighted by Crippen LogP contribution is 2.18. The summed E-state index contributed by atoms with van der Waals surface area (Å²) in [6.07, 6.45) is 56.7. The van der Waals surface area contributed by atoms with E-state index < -0.39 is 18.2 Å². The number of aliphatic hydroxyl groups excluding tert-OH is 2. The summed E-state index contributed by atoms with van der Waals surface area (Å²) in [6, 6.07) is -0.709. The molecule has 0 heterocycles. The number of hydrogen-bond acceptors (Lipinski definition) is 5. The molecule has 0 aliphatic carbocycles. The van der Waals surface area contributed by atoms with E-state index in [9.17, 15) is 19.8 Å². The van der Waals surface area contributed by atoms with Crippen molar-refractivity contribution in [3.8, 4) is 0 Å². The van der Waals surface area contributed by atoms with Gasteiger partial charge in [-0.2, -0.15) is 0 Å². The van der Waals surface area contributed by atoms with Crippen molar-refractivity contribution in [3.63, 3.8) is 0 Å². The number of esters is 1. The standard InChI is InChI=1S/C55H105NO5/c1-4-7-10-13-16-19-22-25-27-28-29-32-35-38-41-44-47-53(58)52(50-57)56-54(59)49-51(46-43-40-37-34-31-24-21-18-15-12-9-6-3)61-55(60)48-45-42-39-36-33-30-26-23-20-17-14-11-8-5-2/h30,33-34,37,51-53,57-58H,4-29,31-32,35-36,38-50H2,1-3H3,(H,56,59)/b33-30-,37-34-. The summed E-state index contributed by atoms with van der Waals surface area (Å²) in [5, 5.41) is 23.8. The average molecular weight is 860 g/mol. The molecule has 0 aromatic heterocycles. The van der Waals surface area contributed by atoms with E-state index in [1.54, 1.807) is 0 Å². The van der Waals surface area contributed by atoms with Crippen molar-refractivity contribution in [1.29, 1.82) is 0 Å². The van der Waals surface area contributed by atoms with E-state index in [0.717, 1.165) is 57.8 Å². The van der Waals surface area contributed by atoms with Gasteiger partial charge in [-0.3, -0.25) is 9.59 Å². The first kappa shape index (κ1) is 59.3. The maximum Gasteiger partial charge on any atom is 0.306 e. The normalized spacial score (nSPS) is 13.3. The summed E-state index contributed by atoms with van der Waals surface area (Å²) in [5.41, 5.74) is 0. The van der Waals surface area contributed by atoms with Gasteiger partial charge in [-0.25, -0.2) is 0 Å². The second kappa shape index (κ2) is 49.4. The Morgan fingerprint density at radius 3 is 1.20 bits per heavy atom. The molecule has 0 aromatic carbocycles. The van der Waals surface area contributed by atoms with E-state index in [0.29, 0.717) is 19.3 Å². The van der Waals surface area contributed by atoms with Gasteiger partial charge in [0, 0.05) is 6.42 Å². The minimum absolute atomic E-state index is 0.0548. The lowest BCUT2D eigenvalue weighted by atomic mass is 10.0. The van der Waals surface area contributed by atoms with Crippen LogP contribution in [0.2, 0.25) is 0 Å². The third-order valence-corrected chi connectivity index (χ3v) is 12.5. The third-order valence-electron chi connectivity index (χ3n) is 12.5. The molecule has 0 aromatic rings. The van der Waals surface area contributed by atoms with Crippen LogP contribution in [0.3, 0.4) is 0 Å². The number of allylic oxidation sites excluding steroid dienone is 4. The number of aliphatic hydroxyl groups is 2. The molecule has 6 nitrogen and oxygen atoms in total. The molecule has 1 amide bonds. The number of ether oxygens (including phenoxy) is 1. The molecule has 6 heteroatoms. The highest BCUT2D eigenvalue weighted by Gasteiger charge is 2.24. The molecule has 3 atom stereocenters. The van der Waals surface area contributed by atoms with Gasteiger partial charge >= 0.3 is 5.97 Å². The Hall–Kier alpha value is -1.66. The Kier molecular flexibility index (Phi) is 48.0. The third kappa shape index (κ3) is 44.7. The highest BCUT2D eigenvalue weighted by atomic mass is 16.5. The molecule has 360 valence electrons. The van der Waals surface area contributed by atoms with Crippen LogP contribution in [0.1, 0.15) is 290 Å². The molecule has 0 bridgehead atoms. The summed E-state index contributed by atoms with van der Waals surface area (Å²) >= 11 is 0. The Morgan fingerprint density at radius 2 is 0.803 bits per heavy atom. The molecular weight excluding hydrogens is 755 g/mol. The summed E-state index contributed by atoms with van der Waals surface area (Å²) < 4.78 is 5.91. The fraction of sp³-hybridized carbons (Fsp3) is 0.891. The minimum atomic E-state index is -0.793. The highest BCUT2D eigenvalue weighted by molar-refractivity contribution is 5.77. The molecule has 0 saturated heterocycles. The van der Waals surface area contributed by atoms with Crippen molar-refractivity contribution in [3.05, 3.63) is 24.3 Å².